The lowest BCUT2D eigenvalue weighted by Gasteiger charge is -2.10. The standard InChI is InChI=1S/C24H21BrN4O/c1-17-11-12-18(2)29(17)22-9-3-6-19(14-22)24(30)27-26-16-23-10-5-13-28(23)21-8-4-7-20(25)15-21/h3-16H,1-2H3,(H,27,30)/b26-16-. The Balaban J connectivity index is 1.51. The van der Waals surface area contributed by atoms with E-state index in [1.54, 1.807) is 12.3 Å². The zero-order valence-corrected chi connectivity index (χ0v) is 18.3. The summed E-state index contributed by atoms with van der Waals surface area (Å²) in [7, 11) is 0. The average molecular weight is 461 g/mol. The van der Waals surface area contributed by atoms with Crippen LogP contribution in [0.15, 0.2) is 88.6 Å². The molecule has 4 aromatic rings. The number of aromatic nitrogens is 2. The number of halogens is 1. The highest BCUT2D eigenvalue weighted by molar-refractivity contribution is 9.10. The van der Waals surface area contributed by atoms with E-state index < -0.39 is 0 Å². The van der Waals surface area contributed by atoms with Gasteiger partial charge in [0.25, 0.3) is 5.91 Å². The first kappa shape index (κ1) is 19.9. The van der Waals surface area contributed by atoms with Crippen molar-refractivity contribution in [3.63, 3.8) is 0 Å². The van der Waals surface area contributed by atoms with E-state index in [1.807, 2.05) is 79.2 Å². The number of hydrogen-bond donors (Lipinski definition) is 1. The van der Waals surface area contributed by atoms with Gasteiger partial charge in [-0.3, -0.25) is 4.79 Å². The van der Waals surface area contributed by atoms with Crippen molar-refractivity contribution in [1.29, 1.82) is 0 Å². The SMILES string of the molecule is Cc1ccc(C)n1-c1cccc(C(=O)N/N=C\c2cccn2-c2cccc(Br)c2)c1. The monoisotopic (exact) mass is 460 g/mol. The lowest BCUT2D eigenvalue weighted by molar-refractivity contribution is 0.0955. The summed E-state index contributed by atoms with van der Waals surface area (Å²) in [5, 5.41) is 4.16. The molecular weight excluding hydrogens is 440 g/mol. The maximum Gasteiger partial charge on any atom is 0.271 e. The summed E-state index contributed by atoms with van der Waals surface area (Å²) in [5.41, 5.74) is 8.25. The number of hydrazone groups is 1. The number of carbonyl (C=O) groups excluding carboxylic acids is 1. The van der Waals surface area contributed by atoms with Crippen molar-refractivity contribution in [2.75, 3.05) is 0 Å². The third-order valence-electron chi connectivity index (χ3n) is 4.87. The molecule has 0 bridgehead atoms. The normalized spacial score (nSPS) is 11.2. The van der Waals surface area contributed by atoms with Gasteiger partial charge in [0.2, 0.25) is 0 Å². The van der Waals surface area contributed by atoms with Gasteiger partial charge in [0.05, 0.1) is 11.9 Å². The summed E-state index contributed by atoms with van der Waals surface area (Å²) in [6, 6.07) is 23.5. The summed E-state index contributed by atoms with van der Waals surface area (Å²) in [6.07, 6.45) is 3.60. The lowest BCUT2D eigenvalue weighted by Crippen LogP contribution is -2.18. The molecule has 0 atom stereocenters. The second-order valence-electron chi connectivity index (χ2n) is 6.98. The van der Waals surface area contributed by atoms with Crippen LogP contribution in [0, 0.1) is 13.8 Å². The maximum atomic E-state index is 12.6. The highest BCUT2D eigenvalue weighted by Crippen LogP contribution is 2.18. The number of benzene rings is 2. The van der Waals surface area contributed by atoms with Crippen LogP contribution in [0.1, 0.15) is 27.4 Å². The van der Waals surface area contributed by atoms with Crippen LogP contribution in [-0.2, 0) is 0 Å². The van der Waals surface area contributed by atoms with Crippen molar-refractivity contribution in [3.05, 3.63) is 106 Å². The number of aryl methyl sites for hydroxylation is 2. The number of rotatable bonds is 5. The summed E-state index contributed by atoms with van der Waals surface area (Å²) < 4.78 is 5.11. The fourth-order valence-corrected chi connectivity index (χ4v) is 3.83. The van der Waals surface area contributed by atoms with Crippen molar-refractivity contribution in [2.24, 2.45) is 5.10 Å². The van der Waals surface area contributed by atoms with E-state index in [4.69, 9.17) is 0 Å². The zero-order chi connectivity index (χ0) is 21.1. The Morgan fingerprint density at radius 1 is 0.933 bits per heavy atom. The molecule has 0 aliphatic heterocycles. The Morgan fingerprint density at radius 2 is 1.67 bits per heavy atom. The first-order valence-electron chi connectivity index (χ1n) is 9.55. The van der Waals surface area contributed by atoms with Crippen LogP contribution in [0.4, 0.5) is 0 Å². The van der Waals surface area contributed by atoms with Crippen LogP contribution in [0.2, 0.25) is 0 Å². The summed E-state index contributed by atoms with van der Waals surface area (Å²) in [6.45, 7) is 4.09. The van der Waals surface area contributed by atoms with Crippen LogP contribution >= 0.6 is 15.9 Å². The molecule has 150 valence electrons. The number of hydrogen-bond acceptors (Lipinski definition) is 2. The molecule has 0 aliphatic rings. The number of nitrogens with zero attached hydrogens (tertiary/aromatic N) is 3. The Hall–Kier alpha value is -3.38. The van der Waals surface area contributed by atoms with Gasteiger partial charge < -0.3 is 9.13 Å². The van der Waals surface area contributed by atoms with Gasteiger partial charge in [-0.05, 0) is 74.5 Å². The molecule has 0 saturated carbocycles. The molecule has 0 spiro atoms. The first-order valence-corrected chi connectivity index (χ1v) is 10.3. The molecule has 2 aromatic carbocycles. The second kappa shape index (κ2) is 8.55. The summed E-state index contributed by atoms with van der Waals surface area (Å²) in [5.74, 6) is -0.254. The van der Waals surface area contributed by atoms with Gasteiger partial charge in [-0.15, -0.1) is 0 Å². The minimum Gasteiger partial charge on any atom is -0.318 e. The predicted molar refractivity (Wildman–Crippen MR) is 124 cm³/mol. The van der Waals surface area contributed by atoms with Crippen LogP contribution in [0.5, 0.6) is 0 Å². The largest absolute Gasteiger partial charge is 0.318 e. The van der Waals surface area contributed by atoms with E-state index in [-0.39, 0.29) is 5.91 Å². The van der Waals surface area contributed by atoms with Gasteiger partial charge in [-0.1, -0.05) is 28.1 Å². The van der Waals surface area contributed by atoms with Gasteiger partial charge in [-0.2, -0.15) is 5.10 Å². The molecule has 0 radical (unpaired) electrons. The summed E-state index contributed by atoms with van der Waals surface area (Å²) >= 11 is 3.49. The molecule has 2 aromatic heterocycles. The van der Waals surface area contributed by atoms with Gasteiger partial charge in [0, 0.05) is 39.0 Å². The van der Waals surface area contributed by atoms with Crippen LogP contribution in [-0.4, -0.2) is 21.3 Å². The van der Waals surface area contributed by atoms with Gasteiger partial charge in [0.1, 0.15) is 0 Å². The van der Waals surface area contributed by atoms with E-state index in [1.165, 1.54) is 0 Å². The van der Waals surface area contributed by atoms with E-state index in [9.17, 15) is 4.79 Å². The predicted octanol–water partition coefficient (Wildman–Crippen LogP) is 5.41. The van der Waals surface area contributed by atoms with Gasteiger partial charge in [-0.25, -0.2) is 5.43 Å². The average Bonchev–Trinajstić information content (AvgIpc) is 3.34. The topological polar surface area (TPSA) is 51.3 Å². The Morgan fingerprint density at radius 3 is 2.43 bits per heavy atom. The molecule has 5 nitrogen and oxygen atoms in total. The second-order valence-corrected chi connectivity index (χ2v) is 7.90. The minimum atomic E-state index is -0.254. The van der Waals surface area contributed by atoms with E-state index in [0.717, 1.165) is 32.9 Å². The van der Waals surface area contributed by atoms with Gasteiger partial charge in [0.15, 0.2) is 0 Å². The van der Waals surface area contributed by atoms with Crippen LogP contribution in [0.25, 0.3) is 11.4 Å². The van der Waals surface area contributed by atoms with Crippen molar-refractivity contribution in [1.82, 2.24) is 14.6 Å². The maximum absolute atomic E-state index is 12.6. The van der Waals surface area contributed by atoms with Crippen LogP contribution < -0.4 is 5.43 Å². The molecule has 1 N–H and O–H groups in total. The van der Waals surface area contributed by atoms with Crippen molar-refractivity contribution < 1.29 is 4.79 Å². The van der Waals surface area contributed by atoms with Gasteiger partial charge >= 0.3 is 0 Å². The van der Waals surface area contributed by atoms with E-state index in [2.05, 4.69) is 43.2 Å². The fourth-order valence-electron chi connectivity index (χ4n) is 3.44. The molecular formula is C24H21BrN4O. The zero-order valence-electron chi connectivity index (χ0n) is 16.7. The van der Waals surface area contributed by atoms with E-state index in [0.29, 0.717) is 5.56 Å². The molecule has 0 unspecified atom stereocenters. The lowest BCUT2D eigenvalue weighted by atomic mass is 10.2. The molecule has 2 heterocycles. The number of amides is 1. The third-order valence-corrected chi connectivity index (χ3v) is 5.36. The molecule has 6 heteroatoms. The minimum absolute atomic E-state index is 0.254. The highest BCUT2D eigenvalue weighted by Gasteiger charge is 2.09. The smallest absolute Gasteiger partial charge is 0.271 e. The third kappa shape index (κ3) is 4.14. The molecule has 0 fully saturated rings. The Labute approximate surface area is 183 Å². The molecule has 0 saturated heterocycles. The first-order chi connectivity index (χ1) is 14.5. The van der Waals surface area contributed by atoms with Crippen LogP contribution in [0.3, 0.4) is 0 Å². The van der Waals surface area contributed by atoms with E-state index >= 15 is 0 Å². The quantitative estimate of drug-likeness (QED) is 0.314. The molecule has 1 amide bonds. The number of carbonyl (C=O) groups is 1. The Bertz CT molecular complexity index is 1220. The molecule has 4 rings (SSSR count). The summed E-state index contributed by atoms with van der Waals surface area (Å²) in [4.78, 5) is 12.6. The van der Waals surface area contributed by atoms with Crippen molar-refractivity contribution in [3.8, 4) is 11.4 Å². The fraction of sp³-hybridized carbons (Fsp3) is 0.0833. The molecule has 30 heavy (non-hydrogen) atoms. The Kier molecular flexibility index (Phi) is 5.68. The van der Waals surface area contributed by atoms with Crippen molar-refractivity contribution in [2.45, 2.75) is 13.8 Å². The molecule has 0 aliphatic carbocycles. The van der Waals surface area contributed by atoms with Crippen molar-refractivity contribution >= 4 is 28.1 Å². The highest BCUT2D eigenvalue weighted by atomic mass is 79.9. The number of nitrogens with one attached hydrogen (secondary N) is 1.